The van der Waals surface area contributed by atoms with Crippen LogP contribution in [0.2, 0.25) is 0 Å². The Bertz CT molecular complexity index is 272. The average Bonchev–Trinajstić information content (AvgIpc) is 3.00. The lowest BCUT2D eigenvalue weighted by atomic mass is 10.4. The number of nitrogens with zero attached hydrogens (tertiary/aromatic N) is 2. The molecule has 22 heavy (non-hydrogen) atoms. The Kier molecular flexibility index (Phi) is 10.3. The fourth-order valence-corrected chi connectivity index (χ4v) is 3.08. The molecule has 0 unspecified atom stereocenters. The van der Waals surface area contributed by atoms with E-state index in [9.17, 15) is 0 Å². The van der Waals surface area contributed by atoms with E-state index in [2.05, 4.69) is 14.1 Å². The minimum Gasteiger partial charge on any atom is -0.652 e. The summed E-state index contributed by atoms with van der Waals surface area (Å²) in [6, 6.07) is 0. The molecule has 0 bridgehead atoms. The van der Waals surface area contributed by atoms with E-state index in [0.29, 0.717) is 0 Å². The molecule has 2 rings (SSSR count). The third-order valence-electron chi connectivity index (χ3n) is 4.17. The molecule has 2 fully saturated rings. The minimum atomic E-state index is -2.33. The van der Waals surface area contributed by atoms with Crippen LogP contribution < -0.4 is 10.2 Å². The number of ether oxygens (including phenoxy) is 2. The lowest BCUT2D eigenvalue weighted by molar-refractivity contribution is -0.916. The van der Waals surface area contributed by atoms with E-state index in [0.717, 1.165) is 22.4 Å². The molecule has 0 spiro atoms. The van der Waals surface area contributed by atoms with Crippen molar-refractivity contribution in [3.63, 3.8) is 0 Å². The molecule has 2 aliphatic rings. The van der Waals surface area contributed by atoms with E-state index >= 15 is 0 Å². The molecule has 0 aromatic rings. The first-order valence-electron chi connectivity index (χ1n) is 7.80. The van der Waals surface area contributed by atoms with Crippen LogP contribution in [-0.2, 0) is 9.47 Å². The molecule has 0 amide bonds. The van der Waals surface area contributed by atoms with E-state index in [1.54, 1.807) is 14.2 Å². The molecule has 0 radical (unpaired) electrons. The first kappa shape index (κ1) is 21.1. The molecule has 7 heteroatoms. The predicted molar refractivity (Wildman–Crippen MR) is 79.5 cm³/mol. The zero-order valence-corrected chi connectivity index (χ0v) is 14.5. The van der Waals surface area contributed by atoms with Crippen LogP contribution >= 0.6 is 0 Å². The van der Waals surface area contributed by atoms with Gasteiger partial charge in [0.25, 0.3) is 0 Å². The van der Waals surface area contributed by atoms with Crippen LogP contribution in [0.3, 0.4) is 0 Å². The number of quaternary nitrogens is 2. The summed E-state index contributed by atoms with van der Waals surface area (Å²) in [6.45, 7) is 6.98. The summed E-state index contributed by atoms with van der Waals surface area (Å²) in [4.78, 5) is 8.33. The van der Waals surface area contributed by atoms with Crippen molar-refractivity contribution in [1.82, 2.24) is 0 Å². The van der Waals surface area contributed by atoms with Gasteiger partial charge in [-0.25, -0.2) is 0 Å². The van der Waals surface area contributed by atoms with Gasteiger partial charge in [0.1, 0.15) is 0 Å². The molecule has 0 aromatic heterocycles. The maximum atomic E-state index is 8.33. The number of carbonyl (C=O) groups excluding carboxylic acids is 1. The number of hydrogen-bond donors (Lipinski definition) is 0. The number of carboxylic acid groups (broad SMARTS) is 2. The first-order chi connectivity index (χ1) is 10.3. The molecule has 2 heterocycles. The van der Waals surface area contributed by atoms with Gasteiger partial charge in [-0.15, -0.1) is 0 Å². The van der Waals surface area contributed by atoms with Crippen LogP contribution in [-0.4, -0.2) is 83.1 Å². The van der Waals surface area contributed by atoms with Gasteiger partial charge in [-0.2, -0.15) is 0 Å². The van der Waals surface area contributed by atoms with Crippen molar-refractivity contribution in [1.29, 1.82) is 0 Å². The molecule has 0 atom stereocenters. The topological polar surface area (TPSA) is 81.7 Å². The molecule has 0 aromatic carbocycles. The van der Waals surface area contributed by atoms with E-state index in [4.69, 9.17) is 24.5 Å². The van der Waals surface area contributed by atoms with Crippen molar-refractivity contribution in [2.75, 3.05) is 68.0 Å². The number of likely N-dealkylation sites (tertiary alicyclic amines) is 2. The molecule has 0 aliphatic carbocycles. The van der Waals surface area contributed by atoms with Crippen LogP contribution in [0.1, 0.15) is 25.7 Å². The highest BCUT2D eigenvalue weighted by Gasteiger charge is 2.26. The Morgan fingerprint density at radius 1 is 0.818 bits per heavy atom. The number of rotatable bonds is 4. The molecule has 0 saturated carbocycles. The van der Waals surface area contributed by atoms with E-state index in [1.165, 1.54) is 51.9 Å². The fraction of sp³-hybridized carbons (Fsp3) is 0.933. The summed E-state index contributed by atoms with van der Waals surface area (Å²) in [5.74, 6) is 0. The van der Waals surface area contributed by atoms with Gasteiger partial charge in [-0.05, 0) is 6.16 Å². The first-order valence-corrected chi connectivity index (χ1v) is 7.80. The van der Waals surface area contributed by atoms with E-state index in [1.807, 2.05) is 0 Å². The summed E-state index contributed by atoms with van der Waals surface area (Å²) < 4.78 is 12.4. The molecule has 132 valence electrons. The lowest BCUT2D eigenvalue weighted by Gasteiger charge is -2.27. The van der Waals surface area contributed by atoms with Crippen molar-refractivity contribution in [2.24, 2.45) is 0 Å². The minimum absolute atomic E-state index is 0.889. The second-order valence-corrected chi connectivity index (χ2v) is 6.63. The normalized spacial score (nSPS) is 21.3. The van der Waals surface area contributed by atoms with Gasteiger partial charge < -0.3 is 33.4 Å². The highest BCUT2D eigenvalue weighted by molar-refractivity contribution is 5.47. The molecule has 7 nitrogen and oxygen atoms in total. The van der Waals surface area contributed by atoms with Crippen LogP contribution in [0, 0.1) is 0 Å². The van der Waals surface area contributed by atoms with Crippen LogP contribution in [0.5, 0.6) is 0 Å². The third kappa shape index (κ3) is 9.94. The SMILES string of the molecule is COC[N+]1(C)CCCC1.COC[N+]1(C)CCCC1.O=C([O-])[O-]. The molecular weight excluding hydrogens is 288 g/mol. The summed E-state index contributed by atoms with van der Waals surface area (Å²) in [5, 5.41) is 16.7. The second-order valence-electron chi connectivity index (χ2n) is 6.63. The zero-order valence-electron chi connectivity index (χ0n) is 14.5. The van der Waals surface area contributed by atoms with Crippen LogP contribution in [0.4, 0.5) is 4.79 Å². The van der Waals surface area contributed by atoms with Crippen molar-refractivity contribution in [3.8, 4) is 0 Å². The predicted octanol–water partition coefficient (Wildman–Crippen LogP) is -0.786. The Morgan fingerprint density at radius 3 is 1.23 bits per heavy atom. The summed E-state index contributed by atoms with van der Waals surface area (Å²) in [5.41, 5.74) is 0. The molecule has 2 saturated heterocycles. The molecule has 0 N–H and O–H groups in total. The quantitative estimate of drug-likeness (QED) is 0.634. The fourth-order valence-electron chi connectivity index (χ4n) is 3.08. The number of hydrogen-bond acceptors (Lipinski definition) is 5. The van der Waals surface area contributed by atoms with Crippen LogP contribution in [0.25, 0.3) is 0 Å². The summed E-state index contributed by atoms with van der Waals surface area (Å²) in [6.07, 6.45) is 3.17. The van der Waals surface area contributed by atoms with Crippen LogP contribution in [0.15, 0.2) is 0 Å². The Balaban J connectivity index is 0.000000326. The Morgan fingerprint density at radius 2 is 1.05 bits per heavy atom. The van der Waals surface area contributed by atoms with Crippen molar-refractivity contribution >= 4 is 6.16 Å². The van der Waals surface area contributed by atoms with Crippen molar-refractivity contribution < 1.29 is 33.4 Å². The number of carbonyl (C=O) groups is 1. The van der Waals surface area contributed by atoms with Crippen molar-refractivity contribution in [2.45, 2.75) is 25.7 Å². The van der Waals surface area contributed by atoms with Gasteiger partial charge in [0.05, 0.1) is 40.3 Å². The zero-order chi connectivity index (χ0) is 17.1. The Labute approximate surface area is 134 Å². The smallest absolute Gasteiger partial charge is 0.182 e. The third-order valence-corrected chi connectivity index (χ3v) is 4.17. The lowest BCUT2D eigenvalue weighted by Crippen LogP contribution is -2.42. The summed E-state index contributed by atoms with van der Waals surface area (Å²) >= 11 is 0. The maximum Gasteiger partial charge on any atom is 0.182 e. The monoisotopic (exact) mass is 320 g/mol. The highest BCUT2D eigenvalue weighted by Crippen LogP contribution is 2.15. The molecular formula is C15H32N2O5. The van der Waals surface area contributed by atoms with Gasteiger partial charge in [-0.3, -0.25) is 0 Å². The second kappa shape index (κ2) is 10.8. The van der Waals surface area contributed by atoms with Crippen molar-refractivity contribution in [3.05, 3.63) is 0 Å². The van der Waals surface area contributed by atoms with Gasteiger partial charge >= 0.3 is 0 Å². The van der Waals surface area contributed by atoms with Gasteiger partial charge in [0.15, 0.2) is 13.5 Å². The molecule has 2 aliphatic heterocycles. The summed E-state index contributed by atoms with van der Waals surface area (Å²) in [7, 11) is 8.08. The average molecular weight is 320 g/mol. The maximum absolute atomic E-state index is 8.33. The highest BCUT2D eigenvalue weighted by atomic mass is 16.6. The number of methoxy groups -OCH3 is 2. The van der Waals surface area contributed by atoms with Gasteiger partial charge in [-0.1, -0.05) is 0 Å². The largest absolute Gasteiger partial charge is 0.652 e. The van der Waals surface area contributed by atoms with E-state index in [-0.39, 0.29) is 0 Å². The van der Waals surface area contributed by atoms with E-state index < -0.39 is 6.16 Å². The van der Waals surface area contributed by atoms with Gasteiger partial charge in [0.2, 0.25) is 0 Å². The Hall–Kier alpha value is -0.890. The standard InChI is InChI=1S/2C7H16NO.CH2O3/c2*1-8(7-9-2)5-3-4-6-8;2-1(3)4/h2*3-7H2,1-2H3;(H2,2,3,4)/q2*+1;/p-2. The van der Waals surface area contributed by atoms with Gasteiger partial charge in [0, 0.05) is 39.9 Å².